The SMILES string of the molecule is CCC(=O)OC(C)C(=O)C=N. The Morgan fingerprint density at radius 2 is 2.18 bits per heavy atom. The number of carbonyl (C=O) groups excluding carboxylic acids is 2. The number of ketones is 1. The summed E-state index contributed by atoms with van der Waals surface area (Å²) in [5.41, 5.74) is 0. The molecule has 0 radical (unpaired) electrons. The fraction of sp³-hybridized carbons (Fsp3) is 0.571. The van der Waals surface area contributed by atoms with Crippen molar-refractivity contribution in [2.24, 2.45) is 0 Å². The Bertz CT molecular complexity index is 177. The first-order chi connectivity index (χ1) is 5.11. The summed E-state index contributed by atoms with van der Waals surface area (Å²) in [6.45, 7) is 3.09. The van der Waals surface area contributed by atoms with Crippen LogP contribution < -0.4 is 0 Å². The summed E-state index contributed by atoms with van der Waals surface area (Å²) in [5, 5.41) is 6.57. The van der Waals surface area contributed by atoms with Crippen molar-refractivity contribution in [1.82, 2.24) is 0 Å². The van der Waals surface area contributed by atoms with Gasteiger partial charge in [0.2, 0.25) is 5.78 Å². The molecule has 0 saturated carbocycles. The number of esters is 1. The summed E-state index contributed by atoms with van der Waals surface area (Å²) in [4.78, 5) is 21.2. The summed E-state index contributed by atoms with van der Waals surface area (Å²) >= 11 is 0. The van der Waals surface area contributed by atoms with E-state index in [-0.39, 0.29) is 6.42 Å². The van der Waals surface area contributed by atoms with E-state index in [9.17, 15) is 9.59 Å². The summed E-state index contributed by atoms with van der Waals surface area (Å²) in [6, 6.07) is 0. The zero-order chi connectivity index (χ0) is 8.85. The van der Waals surface area contributed by atoms with Gasteiger partial charge in [-0.15, -0.1) is 0 Å². The van der Waals surface area contributed by atoms with Crippen molar-refractivity contribution in [3.05, 3.63) is 0 Å². The molecule has 0 rings (SSSR count). The van der Waals surface area contributed by atoms with Crippen LogP contribution in [-0.4, -0.2) is 24.1 Å². The monoisotopic (exact) mass is 157 g/mol. The van der Waals surface area contributed by atoms with Gasteiger partial charge in [-0.05, 0) is 6.92 Å². The summed E-state index contributed by atoms with van der Waals surface area (Å²) in [6.07, 6.45) is 0.0726. The molecule has 0 aromatic rings. The first kappa shape index (κ1) is 9.81. The van der Waals surface area contributed by atoms with Crippen molar-refractivity contribution < 1.29 is 14.3 Å². The third-order valence-corrected chi connectivity index (χ3v) is 1.14. The van der Waals surface area contributed by atoms with E-state index in [2.05, 4.69) is 4.74 Å². The van der Waals surface area contributed by atoms with Crippen molar-refractivity contribution in [2.45, 2.75) is 26.4 Å². The van der Waals surface area contributed by atoms with Gasteiger partial charge in [-0.2, -0.15) is 0 Å². The smallest absolute Gasteiger partial charge is 0.306 e. The largest absolute Gasteiger partial charge is 0.454 e. The molecule has 0 heterocycles. The lowest BCUT2D eigenvalue weighted by Gasteiger charge is -2.07. The highest BCUT2D eigenvalue weighted by Crippen LogP contribution is 1.94. The zero-order valence-corrected chi connectivity index (χ0v) is 6.59. The molecule has 0 aliphatic heterocycles. The van der Waals surface area contributed by atoms with Crippen molar-refractivity contribution in [3.8, 4) is 0 Å². The van der Waals surface area contributed by atoms with Crippen LogP contribution in [0.4, 0.5) is 0 Å². The Labute approximate surface area is 65.1 Å². The molecular formula is C7H11NO3. The zero-order valence-electron chi connectivity index (χ0n) is 6.59. The lowest BCUT2D eigenvalue weighted by atomic mass is 10.3. The molecule has 1 atom stereocenters. The molecule has 1 unspecified atom stereocenters. The third-order valence-electron chi connectivity index (χ3n) is 1.14. The van der Waals surface area contributed by atoms with E-state index in [1.54, 1.807) is 6.92 Å². The van der Waals surface area contributed by atoms with Gasteiger partial charge in [0.1, 0.15) is 0 Å². The number of Topliss-reactive ketones (excluding diaryl/α,β-unsaturated/α-hetero) is 1. The number of hydrogen-bond acceptors (Lipinski definition) is 4. The van der Waals surface area contributed by atoms with Crippen LogP contribution in [-0.2, 0) is 14.3 Å². The van der Waals surface area contributed by atoms with Crippen LogP contribution in [0.3, 0.4) is 0 Å². The van der Waals surface area contributed by atoms with Crippen molar-refractivity contribution >= 4 is 18.0 Å². The van der Waals surface area contributed by atoms with Gasteiger partial charge in [-0.25, -0.2) is 0 Å². The maximum absolute atomic E-state index is 10.6. The van der Waals surface area contributed by atoms with Crippen molar-refractivity contribution in [3.63, 3.8) is 0 Å². The standard InChI is InChI=1S/C7H11NO3/c1-3-7(10)11-5(2)6(9)4-8/h4-5,8H,3H2,1-2H3. The quantitative estimate of drug-likeness (QED) is 0.478. The van der Waals surface area contributed by atoms with Crippen LogP contribution in [0.2, 0.25) is 0 Å². The average Bonchev–Trinajstić information content (AvgIpc) is 2.02. The molecule has 4 heteroatoms. The second-order valence-electron chi connectivity index (χ2n) is 2.03. The van der Waals surface area contributed by atoms with E-state index >= 15 is 0 Å². The van der Waals surface area contributed by atoms with Gasteiger partial charge < -0.3 is 10.1 Å². The predicted octanol–water partition coefficient (Wildman–Crippen LogP) is 0.547. The molecule has 62 valence electrons. The fourth-order valence-electron chi connectivity index (χ4n) is 0.456. The topological polar surface area (TPSA) is 67.2 Å². The van der Waals surface area contributed by atoms with E-state index in [4.69, 9.17) is 5.41 Å². The van der Waals surface area contributed by atoms with Crippen molar-refractivity contribution in [1.29, 1.82) is 5.41 Å². The predicted molar refractivity (Wildman–Crippen MR) is 39.6 cm³/mol. The Morgan fingerprint density at radius 3 is 2.55 bits per heavy atom. The van der Waals surface area contributed by atoms with Crippen LogP contribution in [0, 0.1) is 5.41 Å². The summed E-state index contributed by atoms with van der Waals surface area (Å²) in [7, 11) is 0. The second-order valence-corrected chi connectivity index (χ2v) is 2.03. The molecule has 0 amide bonds. The third kappa shape index (κ3) is 3.50. The number of carbonyl (C=O) groups is 2. The van der Waals surface area contributed by atoms with Gasteiger partial charge in [-0.1, -0.05) is 6.92 Å². The van der Waals surface area contributed by atoms with Crippen LogP contribution in [0.15, 0.2) is 0 Å². The van der Waals surface area contributed by atoms with Gasteiger partial charge in [0.15, 0.2) is 6.10 Å². The van der Waals surface area contributed by atoms with Gasteiger partial charge in [-0.3, -0.25) is 9.59 Å². The van der Waals surface area contributed by atoms with Gasteiger partial charge in [0, 0.05) is 6.42 Å². The van der Waals surface area contributed by atoms with Gasteiger partial charge in [0.25, 0.3) is 0 Å². The average molecular weight is 157 g/mol. The van der Waals surface area contributed by atoms with Gasteiger partial charge in [0.05, 0.1) is 6.21 Å². The highest BCUT2D eigenvalue weighted by molar-refractivity contribution is 6.28. The highest BCUT2D eigenvalue weighted by Gasteiger charge is 2.13. The van der Waals surface area contributed by atoms with E-state index < -0.39 is 17.9 Å². The Balaban J connectivity index is 3.86. The normalized spacial score (nSPS) is 11.8. The molecule has 0 aromatic carbocycles. The molecule has 0 saturated heterocycles. The minimum atomic E-state index is -0.819. The maximum atomic E-state index is 10.6. The van der Waals surface area contributed by atoms with Crippen molar-refractivity contribution in [2.75, 3.05) is 0 Å². The first-order valence-electron chi connectivity index (χ1n) is 3.35. The Hall–Kier alpha value is -1.19. The minimum absolute atomic E-state index is 0.246. The number of hydrogen-bond donors (Lipinski definition) is 1. The van der Waals surface area contributed by atoms with Crippen LogP contribution in [0.1, 0.15) is 20.3 Å². The number of nitrogens with one attached hydrogen (secondary N) is 1. The van der Waals surface area contributed by atoms with E-state index in [0.717, 1.165) is 0 Å². The van der Waals surface area contributed by atoms with Crippen LogP contribution in [0.5, 0.6) is 0 Å². The lowest BCUT2D eigenvalue weighted by molar-refractivity contribution is -0.151. The molecular weight excluding hydrogens is 146 g/mol. The molecule has 0 aliphatic rings. The molecule has 0 aromatic heterocycles. The summed E-state index contributed by atoms with van der Waals surface area (Å²) < 4.78 is 4.61. The lowest BCUT2D eigenvalue weighted by Crippen LogP contribution is -2.24. The van der Waals surface area contributed by atoms with E-state index in [1.807, 2.05) is 0 Å². The minimum Gasteiger partial charge on any atom is -0.454 e. The number of ether oxygens (including phenoxy) is 1. The first-order valence-corrected chi connectivity index (χ1v) is 3.35. The molecule has 11 heavy (non-hydrogen) atoms. The van der Waals surface area contributed by atoms with E-state index in [0.29, 0.717) is 6.21 Å². The maximum Gasteiger partial charge on any atom is 0.306 e. The van der Waals surface area contributed by atoms with Crippen LogP contribution in [0.25, 0.3) is 0 Å². The fourth-order valence-corrected chi connectivity index (χ4v) is 0.456. The Morgan fingerprint density at radius 1 is 1.64 bits per heavy atom. The molecule has 4 nitrogen and oxygen atoms in total. The summed E-state index contributed by atoms with van der Waals surface area (Å²) in [5.74, 6) is -0.917. The Kier molecular flexibility index (Phi) is 4.10. The molecule has 0 spiro atoms. The van der Waals surface area contributed by atoms with Crippen LogP contribution >= 0.6 is 0 Å². The van der Waals surface area contributed by atoms with E-state index in [1.165, 1.54) is 6.92 Å². The highest BCUT2D eigenvalue weighted by atomic mass is 16.5. The second kappa shape index (κ2) is 4.60. The molecule has 0 bridgehead atoms. The number of rotatable bonds is 4. The molecule has 1 N–H and O–H groups in total. The molecule has 0 fully saturated rings. The molecule has 0 aliphatic carbocycles. The van der Waals surface area contributed by atoms with Gasteiger partial charge >= 0.3 is 5.97 Å².